The van der Waals surface area contributed by atoms with Crippen LogP contribution in [-0.2, 0) is 14.6 Å². The van der Waals surface area contributed by atoms with Crippen LogP contribution in [0.25, 0.3) is 0 Å². The number of aryl methyl sites for hydroxylation is 2. The second-order valence-electron chi connectivity index (χ2n) is 7.12. The minimum atomic E-state index is -2.86. The average Bonchev–Trinajstić information content (AvgIpc) is 2.94. The van der Waals surface area contributed by atoms with Crippen molar-refractivity contribution in [2.45, 2.75) is 32.7 Å². The van der Waals surface area contributed by atoms with E-state index in [1.165, 1.54) is 0 Å². The maximum absolute atomic E-state index is 12.4. The molecule has 3 heterocycles. The van der Waals surface area contributed by atoms with E-state index in [1.807, 2.05) is 24.8 Å². The lowest BCUT2D eigenvalue weighted by atomic mass is 10.2. The summed E-state index contributed by atoms with van der Waals surface area (Å²) in [6.45, 7) is 7.16. The van der Waals surface area contributed by atoms with E-state index < -0.39 is 9.84 Å². The van der Waals surface area contributed by atoms with Crippen LogP contribution in [0.1, 0.15) is 24.2 Å². The van der Waals surface area contributed by atoms with Crippen LogP contribution in [0, 0.1) is 13.8 Å². The zero-order chi connectivity index (χ0) is 18.7. The minimum Gasteiger partial charge on any atom is -0.354 e. The molecule has 1 atom stereocenters. The van der Waals surface area contributed by atoms with Gasteiger partial charge in [0.25, 0.3) is 0 Å². The van der Waals surface area contributed by atoms with Gasteiger partial charge in [-0.25, -0.2) is 18.4 Å². The van der Waals surface area contributed by atoms with Gasteiger partial charge in [0.2, 0.25) is 11.9 Å². The predicted octanol–water partition coefficient (Wildman–Crippen LogP) is 0.227. The van der Waals surface area contributed by atoms with Crippen LogP contribution in [0.5, 0.6) is 0 Å². The summed E-state index contributed by atoms with van der Waals surface area (Å²) in [5.74, 6) is 1.23. The molecule has 1 aromatic heterocycles. The number of anilines is 1. The summed E-state index contributed by atoms with van der Waals surface area (Å²) in [6.07, 6.45) is 1.12. The van der Waals surface area contributed by atoms with E-state index in [9.17, 15) is 13.2 Å². The molecule has 0 spiro atoms. The largest absolute Gasteiger partial charge is 0.354 e. The number of nitrogens with one attached hydrogen (secondary N) is 1. The van der Waals surface area contributed by atoms with Crippen molar-refractivity contribution in [1.29, 1.82) is 0 Å². The standard InChI is InChI=1S/C17H27N5O3S/c1-13-11-14(2)20-17(19-13)18-5-3-16(23)22-8-6-21(7-9-22)15-4-10-26(24,25)12-15/h11,15H,3-10,12H2,1-2H3,(H,18,19,20)/t15-/m0/s1. The lowest BCUT2D eigenvalue weighted by Gasteiger charge is -2.37. The normalized spacial score (nSPS) is 23.2. The Bertz CT molecular complexity index is 739. The predicted molar refractivity (Wildman–Crippen MR) is 99.8 cm³/mol. The van der Waals surface area contributed by atoms with Crippen LogP contribution >= 0.6 is 0 Å². The van der Waals surface area contributed by atoms with E-state index >= 15 is 0 Å². The molecule has 0 aromatic carbocycles. The zero-order valence-corrected chi connectivity index (χ0v) is 16.3. The Kier molecular flexibility index (Phi) is 5.76. The van der Waals surface area contributed by atoms with Gasteiger partial charge in [-0.15, -0.1) is 0 Å². The first kappa shape index (κ1) is 19.0. The Morgan fingerprint density at radius 3 is 2.42 bits per heavy atom. The first-order valence-electron chi connectivity index (χ1n) is 9.11. The number of piperazine rings is 1. The first-order valence-corrected chi connectivity index (χ1v) is 10.9. The molecule has 0 bridgehead atoms. The van der Waals surface area contributed by atoms with Crippen LogP contribution in [0.2, 0.25) is 0 Å². The zero-order valence-electron chi connectivity index (χ0n) is 15.4. The summed E-state index contributed by atoms with van der Waals surface area (Å²) in [6, 6.07) is 2.03. The van der Waals surface area contributed by atoms with Crippen molar-refractivity contribution < 1.29 is 13.2 Å². The summed E-state index contributed by atoms with van der Waals surface area (Å²) in [4.78, 5) is 25.1. The van der Waals surface area contributed by atoms with Gasteiger partial charge >= 0.3 is 0 Å². The molecular formula is C17H27N5O3S. The second-order valence-corrected chi connectivity index (χ2v) is 9.35. The molecule has 26 heavy (non-hydrogen) atoms. The van der Waals surface area contributed by atoms with Crippen molar-refractivity contribution in [2.75, 3.05) is 49.5 Å². The van der Waals surface area contributed by atoms with Gasteiger partial charge < -0.3 is 10.2 Å². The quantitative estimate of drug-likeness (QED) is 0.780. The van der Waals surface area contributed by atoms with E-state index in [0.717, 1.165) is 30.9 Å². The van der Waals surface area contributed by atoms with Gasteiger partial charge in [-0.2, -0.15) is 0 Å². The smallest absolute Gasteiger partial charge is 0.224 e. The highest BCUT2D eigenvalue weighted by Gasteiger charge is 2.34. The van der Waals surface area contributed by atoms with Gasteiger partial charge in [-0.3, -0.25) is 9.69 Å². The third-order valence-corrected chi connectivity index (χ3v) is 6.75. The Morgan fingerprint density at radius 1 is 1.19 bits per heavy atom. The molecule has 1 aromatic rings. The highest BCUT2D eigenvalue weighted by atomic mass is 32.2. The van der Waals surface area contributed by atoms with E-state index in [-0.39, 0.29) is 17.7 Å². The van der Waals surface area contributed by atoms with Gasteiger partial charge in [-0.1, -0.05) is 0 Å². The molecular weight excluding hydrogens is 354 g/mol. The minimum absolute atomic E-state index is 0.112. The average molecular weight is 382 g/mol. The SMILES string of the molecule is Cc1cc(C)nc(NCCC(=O)N2CCN([C@H]3CCS(=O)(=O)C3)CC2)n1. The lowest BCUT2D eigenvalue weighted by molar-refractivity contribution is -0.132. The Balaban J connectivity index is 1.41. The maximum atomic E-state index is 12.4. The van der Waals surface area contributed by atoms with Gasteiger partial charge in [0.05, 0.1) is 11.5 Å². The van der Waals surface area contributed by atoms with Crippen molar-refractivity contribution in [2.24, 2.45) is 0 Å². The van der Waals surface area contributed by atoms with Gasteiger partial charge in [0, 0.05) is 56.6 Å². The summed E-state index contributed by atoms with van der Waals surface area (Å²) >= 11 is 0. The third-order valence-electron chi connectivity index (χ3n) is 5.00. The van der Waals surface area contributed by atoms with Crippen LogP contribution < -0.4 is 5.32 Å². The lowest BCUT2D eigenvalue weighted by Crippen LogP contribution is -2.52. The summed E-state index contributed by atoms with van der Waals surface area (Å²) in [5.41, 5.74) is 1.80. The molecule has 0 saturated carbocycles. The molecule has 1 N–H and O–H groups in total. The van der Waals surface area contributed by atoms with Crippen molar-refractivity contribution in [3.63, 3.8) is 0 Å². The molecule has 144 valence electrons. The van der Waals surface area contributed by atoms with Crippen molar-refractivity contribution in [3.8, 4) is 0 Å². The van der Waals surface area contributed by atoms with E-state index in [2.05, 4.69) is 20.2 Å². The molecule has 9 heteroatoms. The fourth-order valence-electron chi connectivity index (χ4n) is 3.64. The summed E-state index contributed by atoms with van der Waals surface area (Å²) < 4.78 is 23.3. The van der Waals surface area contributed by atoms with Gasteiger partial charge in [0.1, 0.15) is 0 Å². The fourth-order valence-corrected chi connectivity index (χ4v) is 5.41. The second kappa shape index (κ2) is 7.87. The molecule has 0 aliphatic carbocycles. The maximum Gasteiger partial charge on any atom is 0.224 e. The third kappa shape index (κ3) is 4.91. The molecule has 2 aliphatic heterocycles. The molecule has 0 unspecified atom stereocenters. The Morgan fingerprint density at radius 2 is 1.85 bits per heavy atom. The number of rotatable bonds is 5. The summed E-state index contributed by atoms with van der Waals surface area (Å²) in [5, 5.41) is 3.11. The van der Waals surface area contributed by atoms with Crippen LogP contribution in [-0.4, -0.2) is 84.4 Å². The van der Waals surface area contributed by atoms with Crippen molar-refractivity contribution in [3.05, 3.63) is 17.5 Å². The highest BCUT2D eigenvalue weighted by Crippen LogP contribution is 2.19. The van der Waals surface area contributed by atoms with Crippen molar-refractivity contribution in [1.82, 2.24) is 19.8 Å². The topological polar surface area (TPSA) is 95.5 Å². The molecule has 2 saturated heterocycles. The van der Waals surface area contributed by atoms with Gasteiger partial charge in [-0.05, 0) is 26.3 Å². The van der Waals surface area contributed by atoms with Gasteiger partial charge in [0.15, 0.2) is 9.84 Å². The van der Waals surface area contributed by atoms with E-state index in [1.54, 1.807) is 0 Å². The Labute approximate surface area is 154 Å². The molecule has 8 nitrogen and oxygen atoms in total. The number of hydrogen-bond donors (Lipinski definition) is 1. The molecule has 0 radical (unpaired) electrons. The number of sulfone groups is 1. The molecule has 3 rings (SSSR count). The number of carbonyl (C=O) groups excluding carboxylic acids is 1. The van der Waals surface area contributed by atoms with E-state index in [0.29, 0.717) is 37.8 Å². The Hall–Kier alpha value is -1.74. The monoisotopic (exact) mass is 381 g/mol. The number of nitrogens with zero attached hydrogens (tertiary/aromatic N) is 4. The van der Waals surface area contributed by atoms with Crippen molar-refractivity contribution >= 4 is 21.7 Å². The van der Waals surface area contributed by atoms with Crippen LogP contribution in [0.4, 0.5) is 5.95 Å². The number of carbonyl (C=O) groups is 1. The fraction of sp³-hybridized carbons (Fsp3) is 0.706. The first-order chi connectivity index (χ1) is 12.3. The number of amides is 1. The number of aromatic nitrogens is 2. The highest BCUT2D eigenvalue weighted by molar-refractivity contribution is 7.91. The van der Waals surface area contributed by atoms with Crippen LogP contribution in [0.3, 0.4) is 0 Å². The number of hydrogen-bond acceptors (Lipinski definition) is 7. The summed E-state index contributed by atoms with van der Waals surface area (Å²) in [7, 11) is -2.86. The van der Waals surface area contributed by atoms with Crippen LogP contribution in [0.15, 0.2) is 6.07 Å². The molecule has 2 fully saturated rings. The van der Waals surface area contributed by atoms with E-state index in [4.69, 9.17) is 0 Å². The molecule has 2 aliphatic rings. The molecule has 1 amide bonds.